The number of nitrogens with one attached hydrogen (secondary N) is 1. The lowest BCUT2D eigenvalue weighted by Crippen LogP contribution is -2.19. The third kappa shape index (κ3) is 6.25. The summed E-state index contributed by atoms with van der Waals surface area (Å²) >= 11 is 2.12. The molecule has 1 aliphatic rings. The van der Waals surface area contributed by atoms with Crippen LogP contribution in [0.3, 0.4) is 0 Å². The Hall–Kier alpha value is -3.22. The molecule has 2 atom stereocenters. The van der Waals surface area contributed by atoms with Gasteiger partial charge in [-0.3, -0.25) is 9.59 Å². The number of halogens is 2. The molecule has 38 heavy (non-hydrogen) atoms. The lowest BCUT2D eigenvalue weighted by atomic mass is 9.90. The Morgan fingerprint density at radius 1 is 1.13 bits per heavy atom. The average molecular weight is 631 g/mol. The van der Waals surface area contributed by atoms with E-state index in [9.17, 15) is 24.2 Å². The molecular formula is C28H27FIN3O5. The number of hydrogen-bond donors (Lipinski definition) is 4. The van der Waals surface area contributed by atoms with Gasteiger partial charge in [0.05, 0.1) is 30.0 Å². The molecule has 1 aromatic carbocycles. The van der Waals surface area contributed by atoms with E-state index < -0.39 is 24.6 Å². The number of aromatic nitrogens is 2. The molecular weight excluding hydrogens is 604 g/mol. The fraction of sp³-hybridized carbons (Fsp3) is 0.286. The number of rotatable bonds is 8. The van der Waals surface area contributed by atoms with Crippen molar-refractivity contribution >= 4 is 40.5 Å². The molecule has 2 heterocycles. The fourth-order valence-corrected chi connectivity index (χ4v) is 5.31. The minimum Gasteiger partial charge on any atom is -0.481 e. The first-order valence-corrected chi connectivity index (χ1v) is 13.2. The molecule has 0 aliphatic heterocycles. The summed E-state index contributed by atoms with van der Waals surface area (Å²) in [5, 5.41) is 31.8. The largest absolute Gasteiger partial charge is 0.481 e. The number of aryl methyl sites for hydroxylation is 1. The summed E-state index contributed by atoms with van der Waals surface area (Å²) in [4.78, 5) is 32.5. The highest BCUT2D eigenvalue weighted by Gasteiger charge is 2.25. The third-order valence-corrected chi connectivity index (χ3v) is 7.18. The molecule has 3 aromatic rings. The molecule has 0 saturated heterocycles. The molecule has 0 radical (unpaired) electrons. The Labute approximate surface area is 232 Å². The number of carboxylic acids is 1. The summed E-state index contributed by atoms with van der Waals surface area (Å²) in [6.45, 7) is 0. The van der Waals surface area contributed by atoms with Gasteiger partial charge in [0.1, 0.15) is 15.2 Å². The van der Waals surface area contributed by atoms with Crippen molar-refractivity contribution in [2.24, 2.45) is 0 Å². The lowest BCUT2D eigenvalue weighted by Gasteiger charge is -2.19. The van der Waals surface area contributed by atoms with Gasteiger partial charge < -0.3 is 20.6 Å². The average Bonchev–Trinajstić information content (AvgIpc) is 3.05. The second-order valence-corrected chi connectivity index (χ2v) is 10.1. The molecule has 1 amide bonds. The molecule has 2 aromatic heterocycles. The van der Waals surface area contributed by atoms with Crippen LogP contribution in [0.1, 0.15) is 46.6 Å². The van der Waals surface area contributed by atoms with E-state index in [2.05, 4.69) is 32.9 Å². The minimum absolute atomic E-state index is 0.129. The van der Waals surface area contributed by atoms with E-state index in [1.807, 2.05) is 6.07 Å². The molecule has 4 rings (SSSR count). The Balaban J connectivity index is 1.83. The molecule has 4 N–H and O–H groups in total. The predicted octanol–water partition coefficient (Wildman–Crippen LogP) is 4.00. The zero-order valence-corrected chi connectivity index (χ0v) is 22.8. The summed E-state index contributed by atoms with van der Waals surface area (Å²) in [6, 6.07) is 9.71. The Morgan fingerprint density at radius 3 is 2.55 bits per heavy atom. The summed E-state index contributed by atoms with van der Waals surface area (Å²) < 4.78 is 14.5. The van der Waals surface area contributed by atoms with Crippen molar-refractivity contribution in [1.82, 2.24) is 15.3 Å². The summed E-state index contributed by atoms with van der Waals surface area (Å²) in [5.74, 6) is -1.77. The molecule has 0 saturated carbocycles. The maximum atomic E-state index is 13.8. The smallest absolute Gasteiger partial charge is 0.305 e. The van der Waals surface area contributed by atoms with Crippen LogP contribution in [0.4, 0.5) is 4.39 Å². The van der Waals surface area contributed by atoms with Crippen molar-refractivity contribution in [2.45, 2.75) is 44.3 Å². The quantitative estimate of drug-likeness (QED) is 0.218. The maximum absolute atomic E-state index is 13.8. The van der Waals surface area contributed by atoms with E-state index in [1.54, 1.807) is 31.3 Å². The molecule has 8 nitrogen and oxygen atoms in total. The number of nitrogens with zero attached hydrogens (tertiary/aromatic N) is 2. The SMILES string of the molecule is CNC(=O)c1ccc2c(n1)CCCc1c-2nc(I)c(/C=C/[C@@H](O)C[C@@H](O)CC(=O)O)c1-c1ccc(F)cc1. The normalized spacial score (nSPS) is 14.3. The lowest BCUT2D eigenvalue weighted by molar-refractivity contribution is -0.139. The Morgan fingerprint density at radius 2 is 1.87 bits per heavy atom. The molecule has 0 unspecified atom stereocenters. The summed E-state index contributed by atoms with van der Waals surface area (Å²) in [5.41, 5.74) is 5.99. The van der Waals surface area contributed by atoms with E-state index in [1.165, 1.54) is 18.2 Å². The van der Waals surface area contributed by atoms with Gasteiger partial charge in [0.25, 0.3) is 5.91 Å². The summed E-state index contributed by atoms with van der Waals surface area (Å²) in [6.07, 6.45) is 2.45. The number of aliphatic hydroxyl groups is 2. The zero-order valence-electron chi connectivity index (χ0n) is 20.6. The van der Waals surface area contributed by atoms with Crippen LogP contribution >= 0.6 is 22.6 Å². The van der Waals surface area contributed by atoms with Crippen LogP contribution in [-0.2, 0) is 17.6 Å². The van der Waals surface area contributed by atoms with Crippen LogP contribution in [0, 0.1) is 9.52 Å². The fourth-order valence-electron chi connectivity index (χ4n) is 4.62. The van der Waals surface area contributed by atoms with Crippen LogP contribution in [0.5, 0.6) is 0 Å². The van der Waals surface area contributed by atoms with Crippen LogP contribution in [0.2, 0.25) is 0 Å². The topological polar surface area (TPSA) is 133 Å². The first kappa shape index (κ1) is 27.8. The number of aliphatic hydroxyl groups excluding tert-OH is 2. The van der Waals surface area contributed by atoms with Crippen molar-refractivity contribution in [2.75, 3.05) is 7.05 Å². The minimum atomic E-state index is -1.18. The van der Waals surface area contributed by atoms with E-state index in [0.29, 0.717) is 22.2 Å². The van der Waals surface area contributed by atoms with Gasteiger partial charge in [-0.05, 0) is 82.8 Å². The number of carbonyl (C=O) groups is 2. The number of carboxylic acid groups (broad SMARTS) is 1. The molecule has 198 valence electrons. The van der Waals surface area contributed by atoms with Crippen molar-refractivity contribution in [3.05, 3.63) is 74.5 Å². The molecule has 1 aliphatic carbocycles. The van der Waals surface area contributed by atoms with Crippen LogP contribution in [0.25, 0.3) is 28.5 Å². The van der Waals surface area contributed by atoms with Gasteiger partial charge in [-0.1, -0.05) is 24.3 Å². The van der Waals surface area contributed by atoms with Crippen molar-refractivity contribution in [1.29, 1.82) is 0 Å². The second-order valence-electron chi connectivity index (χ2n) is 9.06. The monoisotopic (exact) mass is 631 g/mol. The number of carbonyl (C=O) groups excluding carboxylic acids is 1. The first-order chi connectivity index (χ1) is 18.2. The standard InChI is InChI=1S/C28H27FIN3O5/c1-31-28(38)23-12-11-19-22(32-23)4-2-3-20-25(15-5-7-16(29)8-6-15)21(27(30)33-26(19)20)10-9-17(34)13-18(35)14-24(36)37/h5-12,17-18,34-35H,2-4,13-14H2,1H3,(H,31,38)(H,36,37)/b10-9+/t17-,18-/m1/s1. The van der Waals surface area contributed by atoms with Gasteiger partial charge in [0.15, 0.2) is 0 Å². The highest BCUT2D eigenvalue weighted by molar-refractivity contribution is 14.1. The molecule has 0 fully saturated rings. The zero-order chi connectivity index (χ0) is 27.4. The Kier molecular flexibility index (Phi) is 8.85. The molecule has 0 spiro atoms. The van der Waals surface area contributed by atoms with Crippen molar-refractivity contribution in [3.8, 4) is 22.4 Å². The van der Waals surface area contributed by atoms with E-state index in [4.69, 9.17) is 10.1 Å². The van der Waals surface area contributed by atoms with Crippen LogP contribution in [0.15, 0.2) is 42.5 Å². The van der Waals surface area contributed by atoms with Gasteiger partial charge >= 0.3 is 5.97 Å². The predicted molar refractivity (Wildman–Crippen MR) is 149 cm³/mol. The number of pyridine rings is 2. The summed E-state index contributed by atoms with van der Waals surface area (Å²) in [7, 11) is 1.56. The third-order valence-electron chi connectivity index (χ3n) is 6.36. The van der Waals surface area contributed by atoms with Gasteiger partial charge in [0, 0.05) is 24.6 Å². The van der Waals surface area contributed by atoms with Gasteiger partial charge in [-0.25, -0.2) is 14.4 Å². The Bertz CT molecular complexity index is 1390. The van der Waals surface area contributed by atoms with Crippen LogP contribution < -0.4 is 5.32 Å². The van der Waals surface area contributed by atoms with E-state index in [-0.39, 0.29) is 18.1 Å². The maximum Gasteiger partial charge on any atom is 0.305 e. The number of hydrogen-bond acceptors (Lipinski definition) is 6. The highest BCUT2D eigenvalue weighted by Crippen LogP contribution is 2.40. The van der Waals surface area contributed by atoms with Crippen molar-refractivity contribution in [3.63, 3.8) is 0 Å². The van der Waals surface area contributed by atoms with Crippen molar-refractivity contribution < 1.29 is 29.3 Å². The number of aliphatic carboxylic acids is 1. The van der Waals surface area contributed by atoms with E-state index in [0.717, 1.165) is 45.6 Å². The molecule has 10 heteroatoms. The first-order valence-electron chi connectivity index (χ1n) is 12.1. The number of fused-ring (bicyclic) bond motifs is 3. The van der Waals surface area contributed by atoms with Gasteiger partial charge in [0.2, 0.25) is 0 Å². The van der Waals surface area contributed by atoms with Crippen LogP contribution in [-0.4, -0.2) is 56.4 Å². The molecule has 0 bridgehead atoms. The van der Waals surface area contributed by atoms with Gasteiger partial charge in [-0.2, -0.15) is 0 Å². The van der Waals surface area contributed by atoms with Gasteiger partial charge in [-0.15, -0.1) is 0 Å². The number of benzene rings is 1. The highest BCUT2D eigenvalue weighted by atomic mass is 127. The number of amides is 1. The second kappa shape index (κ2) is 12.1. The van der Waals surface area contributed by atoms with E-state index >= 15 is 0 Å².